The number of imidazole rings is 3. The van der Waals surface area contributed by atoms with Gasteiger partial charge in [0.2, 0.25) is 0 Å². The first-order chi connectivity index (χ1) is 45.5. The first-order valence-corrected chi connectivity index (χ1v) is 34.9. The molecule has 518 valence electrons. The van der Waals surface area contributed by atoms with E-state index in [1.807, 2.05) is 91.0 Å². The van der Waals surface area contributed by atoms with Crippen LogP contribution in [0.25, 0.3) is 33.5 Å². The predicted molar refractivity (Wildman–Crippen MR) is 344 cm³/mol. The molecule has 6 aromatic heterocycles. The van der Waals surface area contributed by atoms with Crippen molar-refractivity contribution in [3.63, 3.8) is 0 Å². The fraction of sp³-hybridized carbons (Fsp3) is 0.450. The van der Waals surface area contributed by atoms with Gasteiger partial charge in [0.15, 0.2) is 68.1 Å². The van der Waals surface area contributed by atoms with Crippen molar-refractivity contribution in [3.8, 4) is 0 Å². The van der Waals surface area contributed by atoms with Gasteiger partial charge in [-0.3, -0.25) is 36.3 Å². The van der Waals surface area contributed by atoms with Gasteiger partial charge in [-0.15, -0.1) is 0 Å². The molecule has 34 nitrogen and oxygen atoms in total. The highest BCUT2D eigenvalue weighted by Gasteiger charge is 2.74. The Labute approximate surface area is 553 Å². The van der Waals surface area contributed by atoms with Gasteiger partial charge in [-0.25, -0.2) is 58.6 Å². The molecular weight excluding hydrogens is 1330 g/mol. The predicted octanol–water partition coefficient (Wildman–Crippen LogP) is 5.45. The molecule has 0 radical (unpaired) electrons. The smallest absolute Gasteiger partial charge is 0.384 e. The molecule has 3 aromatic carbocycles. The van der Waals surface area contributed by atoms with Crippen LogP contribution in [-0.4, -0.2) is 170 Å². The number of hydrogen-bond acceptors (Lipinski definition) is 27. The Balaban J connectivity index is 0.843. The van der Waals surface area contributed by atoms with Crippen LogP contribution < -0.4 is 16.0 Å². The van der Waals surface area contributed by atoms with Crippen LogP contribution in [0.4, 0.5) is 17.5 Å². The van der Waals surface area contributed by atoms with Gasteiger partial charge in [0.05, 0.1) is 38.8 Å². The summed E-state index contributed by atoms with van der Waals surface area (Å²) in [6, 6.07) is 28.2. The van der Waals surface area contributed by atoms with Crippen LogP contribution in [0.15, 0.2) is 129 Å². The SMILES string of the molecule is CC1(O)C(COP(=O)(O)OC2(C)C(COP(=O)(O)OC3(C)C(COP(=O)(O)O)OC(C)(n4cnc5c(NCc6ccccc6)ncnc54)C3(C)O)OC(C)(n3cnc4c(NCc5ccccc5)ncnc43)C2(C)O)OC(C)(n2cnc3c(NCc4ccccc4)ncnc32)C1(C)O. The zero-order chi connectivity index (χ0) is 69.6. The minimum absolute atomic E-state index is 0.0455. The summed E-state index contributed by atoms with van der Waals surface area (Å²) in [5.74, 6) is 0.870. The van der Waals surface area contributed by atoms with E-state index < -0.39 is 112 Å². The first-order valence-electron chi connectivity index (χ1n) is 30.4. The maximum atomic E-state index is 14.9. The number of nitrogens with one attached hydrogen (secondary N) is 3. The molecule has 12 rings (SSSR count). The molecule has 3 saturated heterocycles. The van der Waals surface area contributed by atoms with Crippen molar-refractivity contribution in [2.45, 2.75) is 151 Å². The number of aromatic nitrogens is 12. The topological polar surface area (TPSA) is 454 Å². The van der Waals surface area contributed by atoms with E-state index in [1.165, 1.54) is 93.2 Å². The molecule has 3 fully saturated rings. The molecule has 3 aliphatic rings. The number of phosphoric acid groups is 3. The van der Waals surface area contributed by atoms with Crippen LogP contribution in [0.1, 0.15) is 79.0 Å². The lowest BCUT2D eigenvalue weighted by atomic mass is 9.78. The highest BCUT2D eigenvalue weighted by molar-refractivity contribution is 7.47. The normalized spacial score (nSPS) is 31.8. The minimum atomic E-state index is -5.79. The average Bonchev–Trinajstić information content (AvgIpc) is 1.57. The quantitative estimate of drug-likeness (QED) is 0.0317. The summed E-state index contributed by atoms with van der Waals surface area (Å²) >= 11 is 0. The van der Waals surface area contributed by atoms with Crippen LogP contribution in [0.3, 0.4) is 0 Å². The third-order valence-electron chi connectivity index (χ3n) is 19.7. The zero-order valence-corrected chi connectivity index (χ0v) is 56.6. The largest absolute Gasteiger partial charge is 0.473 e. The summed E-state index contributed by atoms with van der Waals surface area (Å²) in [4.78, 5) is 84.0. The first kappa shape index (κ1) is 69.7. The number of ether oxygens (including phenoxy) is 3. The van der Waals surface area contributed by atoms with Crippen molar-refractivity contribution in [1.29, 1.82) is 0 Å². The Hall–Kier alpha value is -7.24. The molecule has 97 heavy (non-hydrogen) atoms. The molecule has 0 saturated carbocycles. The second-order valence-electron chi connectivity index (χ2n) is 25.4. The molecule has 14 atom stereocenters. The van der Waals surface area contributed by atoms with E-state index in [4.69, 9.17) is 36.8 Å². The van der Waals surface area contributed by atoms with Gasteiger partial charge in [-0.2, -0.15) is 0 Å². The highest BCUT2D eigenvalue weighted by Crippen LogP contribution is 2.63. The fourth-order valence-corrected chi connectivity index (χ4v) is 15.4. The van der Waals surface area contributed by atoms with Crippen molar-refractivity contribution in [2.24, 2.45) is 0 Å². The van der Waals surface area contributed by atoms with Gasteiger partial charge in [-0.05, 0) is 79.0 Å². The van der Waals surface area contributed by atoms with Crippen LogP contribution in [0.5, 0.6) is 0 Å². The number of rotatable bonds is 25. The summed E-state index contributed by atoms with van der Waals surface area (Å²) in [7, 11) is -16.8. The lowest BCUT2D eigenvalue weighted by Gasteiger charge is -2.44. The van der Waals surface area contributed by atoms with Gasteiger partial charge in [0.25, 0.3) is 0 Å². The standard InChI is InChI=1S/C60H74N15O19P3/c1-52(76)40(90-58(7,55(52,4)77)73-34-70-43-46(64-31-67-49(43)73)61-25-37-19-13-10-14-20-37)28-88-96(83,84)94-54(3)42(92-60(9,57(54,6)79)75-36-72-45-48(66-33-69-51(45)75)63-27-39-23-17-12-18-24-39)30-89-97(85,86)93-53(2)41(29-87-95(80,81)82)91-59(8,56(53,5)78)74-35-71-44-47(65-32-68-50(44)74)62-26-38-21-15-11-16-22-38/h10-24,31-36,40-42,76-79H,25-30H2,1-9H3,(H,83,84)(H,85,86)(H,61,64,67)(H,62,65,68)(H,63,66,69)(H2,80,81,82). The van der Waals surface area contributed by atoms with Crippen molar-refractivity contribution >= 4 is 74.4 Å². The molecule has 0 aliphatic carbocycles. The maximum absolute atomic E-state index is 14.9. The average molecular weight is 1400 g/mol. The monoisotopic (exact) mass is 1400 g/mol. The van der Waals surface area contributed by atoms with E-state index in [0.717, 1.165) is 37.5 Å². The second kappa shape index (κ2) is 24.9. The minimum Gasteiger partial charge on any atom is -0.384 e. The highest BCUT2D eigenvalue weighted by atomic mass is 31.2. The molecule has 11 N–H and O–H groups in total. The van der Waals surface area contributed by atoms with Crippen LogP contribution in [0, 0.1) is 0 Å². The molecule has 0 spiro atoms. The van der Waals surface area contributed by atoms with Crippen LogP contribution >= 0.6 is 23.5 Å². The number of benzene rings is 3. The second-order valence-corrected chi connectivity index (χ2v) is 29.4. The van der Waals surface area contributed by atoms with E-state index in [0.29, 0.717) is 25.5 Å². The summed E-state index contributed by atoms with van der Waals surface area (Å²) in [6.45, 7) is 8.96. The van der Waals surface area contributed by atoms with E-state index in [1.54, 1.807) is 0 Å². The molecule has 0 amide bonds. The van der Waals surface area contributed by atoms with E-state index in [9.17, 15) is 53.7 Å². The van der Waals surface area contributed by atoms with Gasteiger partial charge in [0, 0.05) is 19.6 Å². The number of nitrogens with zero attached hydrogens (tertiary/aromatic N) is 12. The molecule has 9 aromatic rings. The summed E-state index contributed by atoms with van der Waals surface area (Å²) in [5.41, 5.74) is -17.6. The summed E-state index contributed by atoms with van der Waals surface area (Å²) in [5, 5.41) is 60.5. The lowest BCUT2D eigenvalue weighted by Crippen LogP contribution is -2.61. The number of fused-ring (bicyclic) bond motifs is 3. The number of aliphatic hydroxyl groups is 4. The molecule has 9 heterocycles. The van der Waals surface area contributed by atoms with Crippen molar-refractivity contribution in [2.75, 3.05) is 35.8 Å². The third-order valence-corrected chi connectivity index (χ3v) is 22.3. The van der Waals surface area contributed by atoms with Crippen molar-refractivity contribution < 1.29 is 90.5 Å². The maximum Gasteiger partial charge on any atom is 0.473 e. The number of phosphoric ester groups is 3. The van der Waals surface area contributed by atoms with Crippen LogP contribution in [0.2, 0.25) is 0 Å². The Kier molecular flexibility index (Phi) is 17.9. The summed E-state index contributed by atoms with van der Waals surface area (Å²) in [6.07, 6.45) is 2.08. The van der Waals surface area contributed by atoms with E-state index in [-0.39, 0.29) is 45.1 Å². The Bertz CT molecular complexity index is 4530. The van der Waals surface area contributed by atoms with Gasteiger partial charge >= 0.3 is 23.5 Å². The lowest BCUT2D eigenvalue weighted by molar-refractivity contribution is -0.186. The van der Waals surface area contributed by atoms with E-state index >= 15 is 0 Å². The third kappa shape index (κ3) is 12.0. The van der Waals surface area contributed by atoms with Crippen LogP contribution in [-0.2, 0) is 87.3 Å². The Morgan fingerprint density at radius 2 is 0.722 bits per heavy atom. The van der Waals surface area contributed by atoms with E-state index in [2.05, 4.69) is 60.8 Å². The molecule has 37 heteroatoms. The van der Waals surface area contributed by atoms with Crippen molar-refractivity contribution in [1.82, 2.24) is 58.6 Å². The Morgan fingerprint density at radius 1 is 0.423 bits per heavy atom. The molecule has 0 bridgehead atoms. The van der Waals surface area contributed by atoms with Gasteiger partial charge in [0.1, 0.15) is 70.9 Å². The Morgan fingerprint density at radius 3 is 1.05 bits per heavy atom. The molecule has 3 aliphatic heterocycles. The fourth-order valence-electron chi connectivity index (χ4n) is 12.8. The summed E-state index contributed by atoms with van der Waals surface area (Å²) < 4.78 is 93.9. The van der Waals surface area contributed by atoms with Crippen molar-refractivity contribution in [3.05, 3.63) is 146 Å². The molecule has 14 unspecified atom stereocenters. The molecular formula is C60H74N15O19P3. The van der Waals surface area contributed by atoms with Gasteiger partial charge in [-0.1, -0.05) is 91.0 Å². The number of hydrogen-bond donors (Lipinski definition) is 11. The number of anilines is 3. The van der Waals surface area contributed by atoms with Gasteiger partial charge < -0.3 is 70.2 Å². The zero-order valence-electron chi connectivity index (χ0n) is 53.9.